The first-order valence-electron chi connectivity index (χ1n) is 6.40. The summed E-state index contributed by atoms with van der Waals surface area (Å²) in [5.41, 5.74) is -0.496. The van der Waals surface area contributed by atoms with E-state index in [0.29, 0.717) is 25.4 Å². The predicted octanol–water partition coefficient (Wildman–Crippen LogP) is 2.83. The van der Waals surface area contributed by atoms with Crippen molar-refractivity contribution in [2.24, 2.45) is 5.92 Å². The summed E-state index contributed by atoms with van der Waals surface area (Å²) in [5.74, 6) is 0.709. The third kappa shape index (κ3) is 4.84. The Kier molecular flexibility index (Phi) is 5.45. The molecule has 1 saturated heterocycles. The zero-order valence-corrected chi connectivity index (χ0v) is 12.1. The maximum absolute atomic E-state index is 11.9. The second-order valence-electron chi connectivity index (χ2n) is 5.67. The van der Waals surface area contributed by atoms with Gasteiger partial charge < -0.3 is 9.64 Å². The zero-order chi connectivity index (χ0) is 13.8. The Morgan fingerprint density at radius 3 is 2.72 bits per heavy atom. The summed E-state index contributed by atoms with van der Waals surface area (Å²) in [4.78, 5) is 25.3. The normalized spacial score (nSPS) is 21.0. The van der Waals surface area contributed by atoms with Crippen molar-refractivity contribution in [2.45, 2.75) is 45.6 Å². The molecule has 0 saturated carbocycles. The number of hydrogen-bond acceptors (Lipinski definition) is 3. The van der Waals surface area contributed by atoms with Crippen LogP contribution in [0, 0.1) is 5.92 Å². The first-order chi connectivity index (χ1) is 8.33. The molecule has 1 fully saturated rings. The topological polar surface area (TPSA) is 46.6 Å². The molecule has 104 valence electrons. The van der Waals surface area contributed by atoms with Crippen molar-refractivity contribution >= 4 is 23.5 Å². The van der Waals surface area contributed by atoms with Crippen LogP contribution in [-0.2, 0) is 9.53 Å². The van der Waals surface area contributed by atoms with Crippen LogP contribution in [0.1, 0.15) is 40.0 Å². The van der Waals surface area contributed by atoms with E-state index in [0.717, 1.165) is 12.8 Å². The average molecular weight is 276 g/mol. The first kappa shape index (κ1) is 15.3. The number of piperidine rings is 1. The van der Waals surface area contributed by atoms with E-state index in [2.05, 4.69) is 0 Å². The molecule has 5 heteroatoms. The second kappa shape index (κ2) is 6.41. The summed E-state index contributed by atoms with van der Waals surface area (Å²) in [6, 6.07) is 0. The van der Waals surface area contributed by atoms with Crippen LogP contribution in [0.3, 0.4) is 0 Å². The number of ketones is 1. The number of alkyl halides is 1. The molecule has 1 atom stereocenters. The van der Waals surface area contributed by atoms with Crippen molar-refractivity contribution in [2.75, 3.05) is 19.0 Å². The minimum absolute atomic E-state index is 0.0787. The highest BCUT2D eigenvalue weighted by molar-refractivity contribution is 6.17. The Morgan fingerprint density at radius 1 is 1.50 bits per heavy atom. The van der Waals surface area contributed by atoms with Gasteiger partial charge in [-0.3, -0.25) is 4.79 Å². The van der Waals surface area contributed by atoms with Crippen LogP contribution in [0.5, 0.6) is 0 Å². The Labute approximate surface area is 114 Å². The fourth-order valence-corrected chi connectivity index (χ4v) is 2.13. The maximum Gasteiger partial charge on any atom is 0.410 e. The van der Waals surface area contributed by atoms with Gasteiger partial charge in [-0.25, -0.2) is 4.79 Å². The van der Waals surface area contributed by atoms with Gasteiger partial charge in [0.2, 0.25) is 0 Å². The van der Waals surface area contributed by atoms with Gasteiger partial charge in [0.25, 0.3) is 0 Å². The number of nitrogens with zero attached hydrogens (tertiary/aromatic N) is 1. The quantitative estimate of drug-likeness (QED) is 0.744. The van der Waals surface area contributed by atoms with Crippen molar-refractivity contribution in [3.8, 4) is 0 Å². The van der Waals surface area contributed by atoms with Crippen LogP contribution in [-0.4, -0.2) is 41.3 Å². The maximum atomic E-state index is 11.9. The molecule has 1 amide bonds. The molecule has 1 aliphatic heterocycles. The van der Waals surface area contributed by atoms with E-state index >= 15 is 0 Å². The van der Waals surface area contributed by atoms with Crippen LogP contribution < -0.4 is 0 Å². The second-order valence-corrected chi connectivity index (χ2v) is 6.05. The number of hydrogen-bond donors (Lipinski definition) is 0. The molecule has 1 unspecified atom stereocenters. The molecule has 0 aromatic rings. The van der Waals surface area contributed by atoms with Crippen molar-refractivity contribution in [1.29, 1.82) is 0 Å². The monoisotopic (exact) mass is 275 g/mol. The van der Waals surface area contributed by atoms with Gasteiger partial charge >= 0.3 is 6.09 Å². The van der Waals surface area contributed by atoms with Gasteiger partial charge in [0.1, 0.15) is 11.4 Å². The third-order valence-electron chi connectivity index (χ3n) is 2.86. The minimum Gasteiger partial charge on any atom is -0.444 e. The molecule has 0 spiro atoms. The standard InChI is InChI=1S/C13H22ClNO3/c1-13(2,3)18-12(17)15-8-6-11(16)10(9-15)5-4-7-14/h10H,4-9H2,1-3H3. The number of carbonyl (C=O) groups excluding carboxylic acids is 2. The molecule has 1 heterocycles. The van der Waals surface area contributed by atoms with E-state index in [1.165, 1.54) is 0 Å². The van der Waals surface area contributed by atoms with Crippen LogP contribution in [0.25, 0.3) is 0 Å². The lowest BCUT2D eigenvalue weighted by atomic mass is 9.92. The Bertz CT molecular complexity index is 312. The van der Waals surface area contributed by atoms with E-state index in [9.17, 15) is 9.59 Å². The van der Waals surface area contributed by atoms with Gasteiger partial charge in [0.15, 0.2) is 0 Å². The van der Waals surface area contributed by atoms with Crippen LogP contribution in [0.4, 0.5) is 4.79 Å². The number of halogens is 1. The number of ether oxygens (including phenoxy) is 1. The lowest BCUT2D eigenvalue weighted by molar-refractivity contribution is -0.126. The molecule has 0 aliphatic carbocycles. The highest BCUT2D eigenvalue weighted by Crippen LogP contribution is 2.20. The van der Waals surface area contributed by atoms with Gasteiger partial charge in [-0.05, 0) is 33.6 Å². The van der Waals surface area contributed by atoms with Crippen molar-refractivity contribution in [3.63, 3.8) is 0 Å². The number of likely N-dealkylation sites (tertiary alicyclic amines) is 1. The number of carbonyl (C=O) groups is 2. The van der Waals surface area contributed by atoms with Gasteiger partial charge in [0, 0.05) is 31.3 Å². The lowest BCUT2D eigenvalue weighted by Gasteiger charge is -2.33. The highest BCUT2D eigenvalue weighted by atomic mass is 35.5. The van der Waals surface area contributed by atoms with E-state index in [-0.39, 0.29) is 17.8 Å². The first-order valence-corrected chi connectivity index (χ1v) is 6.93. The summed E-state index contributed by atoms with van der Waals surface area (Å²) in [6.07, 6.45) is 1.65. The molecule has 0 aromatic carbocycles. The highest BCUT2D eigenvalue weighted by Gasteiger charge is 2.31. The van der Waals surface area contributed by atoms with Crippen molar-refractivity contribution in [3.05, 3.63) is 0 Å². The molecule has 4 nitrogen and oxygen atoms in total. The van der Waals surface area contributed by atoms with Crippen LogP contribution >= 0.6 is 11.6 Å². The number of Topliss-reactive ketones (excluding diaryl/α,β-unsaturated/α-hetero) is 1. The molecule has 18 heavy (non-hydrogen) atoms. The lowest BCUT2D eigenvalue weighted by Crippen LogP contribution is -2.46. The Morgan fingerprint density at radius 2 is 2.17 bits per heavy atom. The van der Waals surface area contributed by atoms with Crippen molar-refractivity contribution in [1.82, 2.24) is 4.90 Å². The van der Waals surface area contributed by atoms with Gasteiger partial charge in [0.05, 0.1) is 0 Å². The molecule has 0 aromatic heterocycles. The molecule has 1 rings (SSSR count). The van der Waals surface area contributed by atoms with Gasteiger partial charge in [-0.2, -0.15) is 0 Å². The number of rotatable bonds is 3. The van der Waals surface area contributed by atoms with Crippen LogP contribution in [0.2, 0.25) is 0 Å². The van der Waals surface area contributed by atoms with E-state index < -0.39 is 5.60 Å². The Balaban J connectivity index is 2.53. The Hall–Kier alpha value is -0.770. The summed E-state index contributed by atoms with van der Waals surface area (Å²) in [6.45, 7) is 6.44. The third-order valence-corrected chi connectivity index (χ3v) is 3.13. The molecule has 1 aliphatic rings. The summed E-state index contributed by atoms with van der Waals surface area (Å²) >= 11 is 5.64. The molecule has 0 bridgehead atoms. The van der Waals surface area contributed by atoms with Crippen LogP contribution in [0.15, 0.2) is 0 Å². The SMILES string of the molecule is CC(C)(C)OC(=O)N1CCC(=O)C(CCCCl)C1. The van der Waals surface area contributed by atoms with E-state index in [4.69, 9.17) is 16.3 Å². The van der Waals surface area contributed by atoms with Gasteiger partial charge in [-0.1, -0.05) is 0 Å². The molecule has 0 N–H and O–H groups in total. The summed E-state index contributed by atoms with van der Waals surface area (Å²) in [7, 11) is 0. The van der Waals surface area contributed by atoms with Crippen molar-refractivity contribution < 1.29 is 14.3 Å². The van der Waals surface area contributed by atoms with E-state index in [1.54, 1.807) is 4.90 Å². The summed E-state index contributed by atoms with van der Waals surface area (Å²) in [5, 5.41) is 0. The zero-order valence-electron chi connectivity index (χ0n) is 11.4. The largest absolute Gasteiger partial charge is 0.444 e. The molecular formula is C13H22ClNO3. The minimum atomic E-state index is -0.496. The average Bonchev–Trinajstić information content (AvgIpc) is 2.25. The predicted molar refractivity (Wildman–Crippen MR) is 70.9 cm³/mol. The fourth-order valence-electron chi connectivity index (χ4n) is 1.98. The van der Waals surface area contributed by atoms with Gasteiger partial charge in [-0.15, -0.1) is 11.6 Å². The molecular weight excluding hydrogens is 254 g/mol. The van der Waals surface area contributed by atoms with E-state index in [1.807, 2.05) is 20.8 Å². The number of amides is 1. The smallest absolute Gasteiger partial charge is 0.410 e. The fraction of sp³-hybridized carbons (Fsp3) is 0.846. The summed E-state index contributed by atoms with van der Waals surface area (Å²) < 4.78 is 5.31. The molecule has 0 radical (unpaired) electrons.